The minimum atomic E-state index is -0.0654. The zero-order valence-electron chi connectivity index (χ0n) is 15.8. The van der Waals surface area contributed by atoms with Crippen LogP contribution in [0, 0.1) is 0 Å². The van der Waals surface area contributed by atoms with E-state index in [1.54, 1.807) is 15.8 Å². The summed E-state index contributed by atoms with van der Waals surface area (Å²) >= 11 is 0. The van der Waals surface area contributed by atoms with Crippen molar-refractivity contribution in [3.8, 4) is 0 Å². The summed E-state index contributed by atoms with van der Waals surface area (Å²) in [5.41, 5.74) is 2.92. The molecular formula is C20H27N5O2. The molecule has 1 aliphatic heterocycles. The Bertz CT molecular complexity index is 751. The van der Waals surface area contributed by atoms with E-state index in [0.29, 0.717) is 32.0 Å². The first-order chi connectivity index (χ1) is 13.2. The van der Waals surface area contributed by atoms with E-state index in [0.717, 1.165) is 26.1 Å². The molecule has 1 fully saturated rings. The summed E-state index contributed by atoms with van der Waals surface area (Å²) in [4.78, 5) is 14.1. The molecule has 0 aliphatic carbocycles. The standard InChI is InChI=1S/C20H27N5O2/c1-17(14-18-6-3-2-4-7-18)15-21-8-5-9-25-16-19(22-23-25)20(26)24-10-12-27-13-11-24/h2-4,6-7,14,16,21H,5,8-13,15H2,1H3/b17-14+. The molecule has 1 aromatic carbocycles. The van der Waals surface area contributed by atoms with Gasteiger partial charge in [0.2, 0.25) is 0 Å². The first kappa shape index (κ1) is 19.3. The predicted molar refractivity (Wildman–Crippen MR) is 104 cm³/mol. The number of nitrogens with zero attached hydrogens (tertiary/aromatic N) is 4. The number of ether oxygens (including phenoxy) is 1. The highest BCUT2D eigenvalue weighted by Gasteiger charge is 2.21. The normalized spacial score (nSPS) is 15.1. The van der Waals surface area contributed by atoms with E-state index in [1.165, 1.54) is 11.1 Å². The molecule has 2 heterocycles. The van der Waals surface area contributed by atoms with Crippen LogP contribution < -0.4 is 5.32 Å². The summed E-state index contributed by atoms with van der Waals surface area (Å²) in [6.07, 6.45) is 4.85. The SMILES string of the molecule is C/C(=C\c1ccccc1)CNCCCn1cc(C(=O)N2CCOCC2)nn1. The van der Waals surface area contributed by atoms with Gasteiger partial charge in [0.25, 0.3) is 5.91 Å². The van der Waals surface area contributed by atoms with Crippen LogP contribution >= 0.6 is 0 Å². The molecule has 0 atom stereocenters. The highest BCUT2D eigenvalue weighted by molar-refractivity contribution is 5.91. The second-order valence-corrected chi connectivity index (χ2v) is 6.70. The van der Waals surface area contributed by atoms with Gasteiger partial charge in [-0.05, 0) is 25.5 Å². The maximum absolute atomic E-state index is 12.4. The Kier molecular flexibility index (Phi) is 7.12. The fourth-order valence-corrected chi connectivity index (χ4v) is 2.97. The fraction of sp³-hybridized carbons (Fsp3) is 0.450. The van der Waals surface area contributed by atoms with Crippen LogP contribution in [0.1, 0.15) is 29.4 Å². The minimum absolute atomic E-state index is 0.0654. The molecule has 1 aromatic heterocycles. The number of aromatic nitrogens is 3. The van der Waals surface area contributed by atoms with Gasteiger partial charge in [0, 0.05) is 26.2 Å². The van der Waals surface area contributed by atoms with Crippen molar-refractivity contribution in [2.24, 2.45) is 0 Å². The summed E-state index contributed by atoms with van der Waals surface area (Å²) in [5, 5.41) is 11.5. The highest BCUT2D eigenvalue weighted by atomic mass is 16.5. The lowest BCUT2D eigenvalue weighted by molar-refractivity contribution is 0.0299. The molecule has 7 heteroatoms. The molecule has 27 heavy (non-hydrogen) atoms. The van der Waals surface area contributed by atoms with E-state index < -0.39 is 0 Å². The van der Waals surface area contributed by atoms with E-state index in [1.807, 2.05) is 18.2 Å². The molecule has 0 unspecified atom stereocenters. The monoisotopic (exact) mass is 369 g/mol. The number of benzene rings is 1. The summed E-state index contributed by atoms with van der Waals surface area (Å²) in [6.45, 7) is 7.00. The molecule has 3 rings (SSSR count). The summed E-state index contributed by atoms with van der Waals surface area (Å²) < 4.78 is 7.01. The Morgan fingerprint density at radius 2 is 2.04 bits per heavy atom. The van der Waals surface area contributed by atoms with Crippen LogP contribution in [0.15, 0.2) is 42.1 Å². The molecule has 0 saturated carbocycles. The van der Waals surface area contributed by atoms with Gasteiger partial charge >= 0.3 is 0 Å². The Morgan fingerprint density at radius 3 is 2.81 bits per heavy atom. The Labute approximate surface area is 160 Å². The lowest BCUT2D eigenvalue weighted by Crippen LogP contribution is -2.40. The lowest BCUT2D eigenvalue weighted by Gasteiger charge is -2.25. The molecular weight excluding hydrogens is 342 g/mol. The molecule has 144 valence electrons. The second kappa shape index (κ2) is 9.99. The van der Waals surface area contributed by atoms with Crippen molar-refractivity contribution in [2.75, 3.05) is 39.4 Å². The van der Waals surface area contributed by atoms with Gasteiger partial charge in [-0.1, -0.05) is 47.2 Å². The van der Waals surface area contributed by atoms with Crippen LogP contribution in [0.5, 0.6) is 0 Å². The van der Waals surface area contributed by atoms with Gasteiger partial charge in [-0.15, -0.1) is 5.10 Å². The molecule has 0 bridgehead atoms. The van der Waals surface area contributed by atoms with Crippen molar-refractivity contribution >= 4 is 12.0 Å². The van der Waals surface area contributed by atoms with Gasteiger partial charge in [-0.3, -0.25) is 9.48 Å². The molecule has 1 amide bonds. The van der Waals surface area contributed by atoms with Crippen LogP contribution in [0.25, 0.3) is 6.08 Å². The highest BCUT2D eigenvalue weighted by Crippen LogP contribution is 2.06. The first-order valence-corrected chi connectivity index (χ1v) is 9.42. The van der Waals surface area contributed by atoms with E-state index in [4.69, 9.17) is 4.74 Å². The minimum Gasteiger partial charge on any atom is -0.378 e. The molecule has 7 nitrogen and oxygen atoms in total. The van der Waals surface area contributed by atoms with E-state index in [-0.39, 0.29) is 5.91 Å². The van der Waals surface area contributed by atoms with Crippen molar-refractivity contribution in [2.45, 2.75) is 19.9 Å². The molecule has 1 aliphatic rings. The second-order valence-electron chi connectivity index (χ2n) is 6.70. The average Bonchev–Trinajstić information content (AvgIpc) is 3.17. The summed E-state index contributed by atoms with van der Waals surface area (Å²) in [6, 6.07) is 10.3. The smallest absolute Gasteiger partial charge is 0.276 e. The van der Waals surface area contributed by atoms with Gasteiger partial charge in [0.05, 0.1) is 19.4 Å². The van der Waals surface area contributed by atoms with Crippen LogP contribution in [0.4, 0.5) is 0 Å². The summed E-state index contributed by atoms with van der Waals surface area (Å²) in [7, 11) is 0. The number of aryl methyl sites for hydroxylation is 1. The number of carbonyl (C=O) groups is 1. The molecule has 0 spiro atoms. The molecule has 1 N–H and O–H groups in total. The lowest BCUT2D eigenvalue weighted by atomic mass is 10.1. The van der Waals surface area contributed by atoms with Gasteiger partial charge in [-0.2, -0.15) is 0 Å². The van der Waals surface area contributed by atoms with Crippen LogP contribution in [0.3, 0.4) is 0 Å². The maximum atomic E-state index is 12.4. The third-order valence-corrected chi connectivity index (χ3v) is 4.41. The Balaban J connectivity index is 1.36. The molecule has 1 saturated heterocycles. The van der Waals surface area contributed by atoms with Crippen LogP contribution in [-0.4, -0.2) is 65.2 Å². The van der Waals surface area contributed by atoms with Crippen molar-refractivity contribution < 1.29 is 9.53 Å². The summed E-state index contributed by atoms with van der Waals surface area (Å²) in [5.74, 6) is -0.0654. The average molecular weight is 369 g/mol. The zero-order chi connectivity index (χ0) is 18.9. The van der Waals surface area contributed by atoms with Crippen LogP contribution in [-0.2, 0) is 11.3 Å². The number of amides is 1. The molecule has 2 aromatic rings. The number of hydrogen-bond donors (Lipinski definition) is 1. The topological polar surface area (TPSA) is 72.3 Å². The zero-order valence-corrected chi connectivity index (χ0v) is 15.8. The first-order valence-electron chi connectivity index (χ1n) is 9.42. The van der Waals surface area contributed by atoms with Gasteiger partial charge in [0.1, 0.15) is 0 Å². The maximum Gasteiger partial charge on any atom is 0.276 e. The van der Waals surface area contributed by atoms with E-state index in [9.17, 15) is 4.79 Å². The predicted octanol–water partition coefficient (Wildman–Crippen LogP) is 1.83. The Hall–Kier alpha value is -2.51. The van der Waals surface area contributed by atoms with Gasteiger partial charge in [0.15, 0.2) is 5.69 Å². The molecule has 0 radical (unpaired) electrons. The quantitative estimate of drug-likeness (QED) is 0.719. The van der Waals surface area contributed by atoms with Crippen molar-refractivity contribution in [1.82, 2.24) is 25.2 Å². The third-order valence-electron chi connectivity index (χ3n) is 4.41. The van der Waals surface area contributed by atoms with Gasteiger partial charge in [-0.25, -0.2) is 0 Å². The van der Waals surface area contributed by atoms with Crippen molar-refractivity contribution in [3.05, 3.63) is 53.4 Å². The number of rotatable bonds is 8. The number of hydrogen-bond acceptors (Lipinski definition) is 5. The number of morpholine rings is 1. The Morgan fingerprint density at radius 1 is 1.26 bits per heavy atom. The number of nitrogens with one attached hydrogen (secondary N) is 1. The van der Waals surface area contributed by atoms with Crippen molar-refractivity contribution in [1.29, 1.82) is 0 Å². The third kappa shape index (κ3) is 6.01. The van der Waals surface area contributed by atoms with E-state index >= 15 is 0 Å². The largest absolute Gasteiger partial charge is 0.378 e. The van der Waals surface area contributed by atoms with Crippen molar-refractivity contribution in [3.63, 3.8) is 0 Å². The van der Waals surface area contributed by atoms with E-state index in [2.05, 4.69) is 40.8 Å². The number of carbonyl (C=O) groups excluding carboxylic acids is 1. The van der Waals surface area contributed by atoms with Crippen LogP contribution in [0.2, 0.25) is 0 Å². The fourth-order valence-electron chi connectivity index (χ4n) is 2.97. The van der Waals surface area contributed by atoms with Gasteiger partial charge < -0.3 is 15.0 Å².